The van der Waals surface area contributed by atoms with Crippen LogP contribution in [0.5, 0.6) is 5.88 Å². The first kappa shape index (κ1) is 24.5. The van der Waals surface area contributed by atoms with Crippen LogP contribution in [-0.4, -0.2) is 54.6 Å². The van der Waals surface area contributed by atoms with Crippen molar-refractivity contribution in [2.45, 2.75) is 24.9 Å². The van der Waals surface area contributed by atoms with Crippen molar-refractivity contribution in [3.8, 4) is 5.88 Å². The molecule has 0 aliphatic rings. The van der Waals surface area contributed by atoms with E-state index in [0.29, 0.717) is 13.0 Å². The number of carbonyl (C=O) groups is 1. The van der Waals surface area contributed by atoms with Crippen molar-refractivity contribution in [1.82, 2.24) is 10.3 Å². The zero-order valence-corrected chi connectivity index (χ0v) is 15.4. The predicted molar refractivity (Wildman–Crippen MR) is 90.1 cm³/mol. The third kappa shape index (κ3) is 5.73. The summed E-state index contributed by atoms with van der Waals surface area (Å²) >= 11 is 0. The molecule has 0 radical (unpaired) electrons. The Kier molecular flexibility index (Phi) is 7.49. The van der Waals surface area contributed by atoms with Gasteiger partial charge in [0.05, 0.1) is 18.8 Å². The molecule has 4 N–H and O–H groups in total. The maximum absolute atomic E-state index is 13.4. The minimum absolute atomic E-state index is 0.108. The number of halogens is 6. The normalized spacial score (nSPS) is 14.2. The van der Waals surface area contributed by atoms with Gasteiger partial charge in [0.15, 0.2) is 11.3 Å². The monoisotopic (exact) mass is 431 g/mol. The maximum Gasteiger partial charge on any atom is 0.422 e. The van der Waals surface area contributed by atoms with Crippen molar-refractivity contribution < 1.29 is 45.7 Å². The van der Waals surface area contributed by atoms with Crippen LogP contribution in [0.2, 0.25) is 0 Å². The molecule has 0 saturated carbocycles. The van der Waals surface area contributed by atoms with E-state index in [1.807, 2.05) is 0 Å². The van der Waals surface area contributed by atoms with Gasteiger partial charge >= 0.3 is 12.4 Å². The average Bonchev–Trinajstić information content (AvgIpc) is 2.58. The van der Waals surface area contributed by atoms with Crippen molar-refractivity contribution in [1.29, 1.82) is 0 Å². The number of hydrogen-bond acceptors (Lipinski definition) is 6. The highest BCUT2D eigenvalue weighted by Gasteiger charge is 2.50. The van der Waals surface area contributed by atoms with E-state index < -0.39 is 58.8 Å². The Morgan fingerprint density at radius 2 is 1.86 bits per heavy atom. The average molecular weight is 431 g/mol. The molecule has 164 valence electrons. The molecule has 0 aliphatic carbocycles. The summed E-state index contributed by atoms with van der Waals surface area (Å²) in [6, 6.07) is 0. The first-order chi connectivity index (χ1) is 13.2. The number of methoxy groups -OCH3 is 1. The third-order valence-corrected chi connectivity index (χ3v) is 3.67. The molecule has 1 unspecified atom stereocenters. The van der Waals surface area contributed by atoms with E-state index in [2.05, 4.69) is 16.3 Å². The number of ether oxygens (including phenoxy) is 2. The van der Waals surface area contributed by atoms with Gasteiger partial charge in [-0.25, -0.2) is 4.98 Å². The zero-order chi connectivity index (χ0) is 22.6. The van der Waals surface area contributed by atoms with E-state index in [4.69, 9.17) is 10.5 Å². The summed E-state index contributed by atoms with van der Waals surface area (Å²) in [5.74, 6) is -2.37. The standard InChI is InChI=1S/C16H19F6N3O4/c1-4-8-9(15(17,18)19)13(29-6-5-28-3)25-11(10(8)23)12(26)24-7-14(2,27)16(20,21)22/h4,27H,1,5-7,23H2,2-3H3,(H,24,26). The molecular weight excluding hydrogens is 412 g/mol. The highest BCUT2D eigenvalue weighted by molar-refractivity contribution is 5.99. The van der Waals surface area contributed by atoms with E-state index in [1.165, 1.54) is 7.11 Å². The molecule has 0 aromatic carbocycles. The third-order valence-electron chi connectivity index (χ3n) is 3.67. The Morgan fingerprint density at radius 1 is 1.28 bits per heavy atom. The lowest BCUT2D eigenvalue weighted by Gasteiger charge is -2.26. The molecule has 0 saturated heterocycles. The number of anilines is 1. The summed E-state index contributed by atoms with van der Waals surface area (Å²) < 4.78 is 88.0. The molecule has 7 nitrogen and oxygen atoms in total. The summed E-state index contributed by atoms with van der Waals surface area (Å²) in [6.07, 6.45) is -9.34. The summed E-state index contributed by atoms with van der Waals surface area (Å²) in [5, 5.41) is 11.1. The molecule has 1 aromatic heterocycles. The Morgan fingerprint density at radius 3 is 2.31 bits per heavy atom. The summed E-state index contributed by atoms with van der Waals surface area (Å²) in [4.78, 5) is 15.7. The zero-order valence-electron chi connectivity index (χ0n) is 15.4. The number of amides is 1. The van der Waals surface area contributed by atoms with Crippen molar-refractivity contribution in [3.63, 3.8) is 0 Å². The maximum atomic E-state index is 13.4. The molecule has 0 spiro atoms. The van der Waals surface area contributed by atoms with Crippen LogP contribution in [0.3, 0.4) is 0 Å². The van der Waals surface area contributed by atoms with Gasteiger partial charge in [0.1, 0.15) is 12.2 Å². The highest BCUT2D eigenvalue weighted by Crippen LogP contribution is 2.41. The summed E-state index contributed by atoms with van der Waals surface area (Å²) in [7, 11) is 1.27. The van der Waals surface area contributed by atoms with Crippen molar-refractivity contribution in [2.75, 3.05) is 32.6 Å². The predicted octanol–water partition coefficient (Wildman–Crippen LogP) is 2.39. The molecule has 0 aliphatic heterocycles. The van der Waals surface area contributed by atoms with E-state index >= 15 is 0 Å². The number of nitrogens with one attached hydrogen (secondary N) is 1. The van der Waals surface area contributed by atoms with Gasteiger partial charge in [0.2, 0.25) is 5.88 Å². The van der Waals surface area contributed by atoms with Gasteiger partial charge in [-0.15, -0.1) is 0 Å². The molecule has 1 amide bonds. The number of pyridine rings is 1. The second kappa shape index (κ2) is 8.86. The van der Waals surface area contributed by atoms with E-state index in [-0.39, 0.29) is 13.2 Å². The number of aliphatic hydroxyl groups is 1. The van der Waals surface area contributed by atoms with Gasteiger partial charge in [0, 0.05) is 12.7 Å². The van der Waals surface area contributed by atoms with Gasteiger partial charge in [-0.3, -0.25) is 4.79 Å². The van der Waals surface area contributed by atoms with Crippen molar-refractivity contribution in [3.05, 3.63) is 23.4 Å². The molecule has 1 heterocycles. The molecule has 13 heteroatoms. The second-order valence-electron chi connectivity index (χ2n) is 5.97. The first-order valence-corrected chi connectivity index (χ1v) is 7.89. The Labute approximate surface area is 161 Å². The number of nitrogens with two attached hydrogens (primary N) is 1. The lowest BCUT2D eigenvalue weighted by molar-refractivity contribution is -0.249. The number of alkyl halides is 6. The fourth-order valence-electron chi connectivity index (χ4n) is 2.02. The SMILES string of the molecule is C=Cc1c(N)c(C(=O)NCC(C)(O)C(F)(F)F)nc(OCCOC)c1C(F)(F)F. The van der Waals surface area contributed by atoms with E-state index in [9.17, 15) is 36.2 Å². The van der Waals surface area contributed by atoms with Gasteiger partial charge < -0.3 is 25.6 Å². The van der Waals surface area contributed by atoms with Crippen LogP contribution in [-0.2, 0) is 10.9 Å². The molecule has 0 fully saturated rings. The smallest absolute Gasteiger partial charge is 0.422 e. The van der Waals surface area contributed by atoms with Crippen LogP contribution in [0.25, 0.3) is 6.08 Å². The summed E-state index contributed by atoms with van der Waals surface area (Å²) in [6.45, 7) is 1.86. The number of carbonyl (C=O) groups excluding carboxylic acids is 1. The lowest BCUT2D eigenvalue weighted by atomic mass is 10.0. The van der Waals surface area contributed by atoms with Gasteiger partial charge in [-0.05, 0) is 6.92 Å². The fourth-order valence-corrected chi connectivity index (χ4v) is 2.02. The van der Waals surface area contributed by atoms with E-state index in [0.717, 1.165) is 0 Å². The van der Waals surface area contributed by atoms with Crippen LogP contribution >= 0.6 is 0 Å². The molecule has 1 rings (SSSR count). The Bertz CT molecular complexity index is 762. The number of rotatable bonds is 8. The van der Waals surface area contributed by atoms with Crippen molar-refractivity contribution >= 4 is 17.7 Å². The molecule has 1 aromatic rings. The summed E-state index contributed by atoms with van der Waals surface area (Å²) in [5.41, 5.74) is -1.43. The van der Waals surface area contributed by atoms with Crippen LogP contribution in [0, 0.1) is 0 Å². The van der Waals surface area contributed by atoms with Crippen LogP contribution in [0.4, 0.5) is 32.0 Å². The molecule has 0 bridgehead atoms. The fraction of sp³-hybridized carbons (Fsp3) is 0.500. The molecule has 29 heavy (non-hydrogen) atoms. The Hall–Kier alpha value is -2.54. The largest absolute Gasteiger partial charge is 0.475 e. The number of hydrogen-bond donors (Lipinski definition) is 3. The second-order valence-corrected chi connectivity index (χ2v) is 5.97. The Balaban J connectivity index is 3.38. The van der Waals surface area contributed by atoms with E-state index in [1.54, 1.807) is 5.32 Å². The van der Waals surface area contributed by atoms with Crippen LogP contribution in [0.1, 0.15) is 28.5 Å². The highest BCUT2D eigenvalue weighted by atomic mass is 19.4. The lowest BCUT2D eigenvalue weighted by Crippen LogP contribution is -2.51. The topological polar surface area (TPSA) is 107 Å². The number of nitrogen functional groups attached to an aromatic ring is 1. The van der Waals surface area contributed by atoms with Gasteiger partial charge in [0.25, 0.3) is 5.91 Å². The number of aromatic nitrogens is 1. The quantitative estimate of drug-likeness (QED) is 0.431. The van der Waals surface area contributed by atoms with Crippen molar-refractivity contribution in [2.24, 2.45) is 0 Å². The minimum atomic E-state index is -5.07. The van der Waals surface area contributed by atoms with Gasteiger partial charge in [-0.2, -0.15) is 26.3 Å². The van der Waals surface area contributed by atoms with Crippen LogP contribution in [0.15, 0.2) is 6.58 Å². The molecule has 1 atom stereocenters. The van der Waals surface area contributed by atoms with Gasteiger partial charge in [-0.1, -0.05) is 12.7 Å². The van der Waals surface area contributed by atoms with Crippen LogP contribution < -0.4 is 15.8 Å². The number of nitrogens with zero attached hydrogens (tertiary/aromatic N) is 1. The molecular formula is C16H19F6N3O4. The minimum Gasteiger partial charge on any atom is -0.475 e. The first-order valence-electron chi connectivity index (χ1n) is 7.89.